The van der Waals surface area contributed by atoms with Gasteiger partial charge in [-0.15, -0.1) is 5.10 Å². The summed E-state index contributed by atoms with van der Waals surface area (Å²) in [6.45, 7) is 5.48. The number of tetrazole rings is 1. The Kier molecular flexibility index (Phi) is 12.7. The molecule has 6 amide bonds. The lowest BCUT2D eigenvalue weighted by atomic mass is 10.0. The number of benzene rings is 3. The monoisotopic (exact) mass is 874 g/mol. The Morgan fingerprint density at radius 1 is 0.952 bits per heavy atom. The Morgan fingerprint density at radius 2 is 1.69 bits per heavy atom. The second kappa shape index (κ2) is 18.1. The van der Waals surface area contributed by atoms with Gasteiger partial charge in [0.25, 0.3) is 0 Å². The van der Waals surface area contributed by atoms with Gasteiger partial charge in [-0.3, -0.25) is 14.4 Å². The number of fused-ring (bicyclic) bond motifs is 1. The predicted molar refractivity (Wildman–Crippen MR) is 218 cm³/mol. The largest absolute Gasteiger partial charge is 0.478 e. The molecule has 6 N–H and O–H groups in total. The second-order valence-electron chi connectivity index (χ2n) is 15.3. The van der Waals surface area contributed by atoms with Gasteiger partial charge < -0.3 is 50.6 Å². The van der Waals surface area contributed by atoms with Crippen LogP contribution in [0.4, 0.5) is 26.7 Å². The zero-order valence-electron chi connectivity index (χ0n) is 33.4. The van der Waals surface area contributed by atoms with Crippen molar-refractivity contribution >= 4 is 64.5 Å². The maximum Gasteiger partial charge on any atom is 0.414 e. The summed E-state index contributed by atoms with van der Waals surface area (Å²) in [5.74, 6) is -5.96. The van der Waals surface area contributed by atoms with Crippen molar-refractivity contribution in [3.63, 3.8) is 0 Å². The van der Waals surface area contributed by atoms with E-state index in [2.05, 4.69) is 36.8 Å². The van der Waals surface area contributed by atoms with Crippen LogP contribution in [-0.2, 0) is 46.2 Å². The minimum absolute atomic E-state index is 0.0320. The highest BCUT2D eigenvalue weighted by Crippen LogP contribution is 2.38. The van der Waals surface area contributed by atoms with Crippen LogP contribution in [0.1, 0.15) is 37.8 Å². The van der Waals surface area contributed by atoms with Crippen LogP contribution in [-0.4, -0.2) is 127 Å². The molecule has 3 atom stereocenters. The number of rotatable bonds is 12. The SMILES string of the molecule is CC1(C)OC[C@H](COC2CCN(C(=O)Nc3ccc(CC(NC(=O)C(=O)Nc4cc(Cl)ccc4-n4cnnn4)C(=O)N[C@@]4(C(=O)O)Cc5ccccc5N4C(=O)O)cc3)CC2)O1. The minimum atomic E-state index is -2.51. The number of likely N-dealkylation sites (tertiary alicyclic amines) is 1. The first-order chi connectivity index (χ1) is 29.6. The molecule has 4 heterocycles. The lowest BCUT2D eigenvalue weighted by molar-refractivity contribution is -0.148. The van der Waals surface area contributed by atoms with Crippen molar-refractivity contribution in [2.45, 2.75) is 69.2 Å². The van der Waals surface area contributed by atoms with E-state index >= 15 is 0 Å². The molecule has 0 saturated carbocycles. The fraction of sp³-hybridized carbons (Fsp3) is 0.375. The number of carbonyl (C=O) groups is 6. The number of hydrogen-bond donors (Lipinski definition) is 6. The van der Waals surface area contributed by atoms with Gasteiger partial charge in [0, 0.05) is 36.6 Å². The number of ether oxygens (including phenoxy) is 3. The number of aliphatic carboxylic acids is 1. The molecule has 62 heavy (non-hydrogen) atoms. The summed E-state index contributed by atoms with van der Waals surface area (Å²) in [6.07, 6.45) is -0.0516. The van der Waals surface area contributed by atoms with E-state index in [1.165, 1.54) is 47.4 Å². The topological polar surface area (TPSA) is 269 Å². The van der Waals surface area contributed by atoms with E-state index in [4.69, 9.17) is 25.8 Å². The van der Waals surface area contributed by atoms with Crippen LogP contribution in [0.15, 0.2) is 73.1 Å². The van der Waals surface area contributed by atoms with Crippen LogP contribution in [0.3, 0.4) is 0 Å². The van der Waals surface area contributed by atoms with Crippen LogP contribution in [0.5, 0.6) is 0 Å². The van der Waals surface area contributed by atoms with Gasteiger partial charge in [-0.05, 0) is 84.6 Å². The number of anilines is 3. The molecule has 3 aliphatic rings. The number of aromatic nitrogens is 4. The molecule has 0 spiro atoms. The zero-order chi connectivity index (χ0) is 44.2. The van der Waals surface area contributed by atoms with Gasteiger partial charge in [0.15, 0.2) is 5.79 Å². The molecule has 0 aliphatic carbocycles. The molecule has 4 aromatic rings. The van der Waals surface area contributed by atoms with Gasteiger partial charge in [0.2, 0.25) is 11.6 Å². The predicted octanol–water partition coefficient (Wildman–Crippen LogP) is 2.78. The number of piperidine rings is 1. The molecular formula is C40H43ClN10O11. The lowest BCUT2D eigenvalue weighted by Crippen LogP contribution is -2.68. The number of nitrogens with zero attached hydrogens (tertiary/aromatic N) is 6. The first-order valence-electron chi connectivity index (χ1n) is 19.5. The van der Waals surface area contributed by atoms with E-state index in [0.717, 1.165) is 0 Å². The summed E-state index contributed by atoms with van der Waals surface area (Å²) >= 11 is 6.17. The molecule has 2 fully saturated rings. The van der Waals surface area contributed by atoms with Gasteiger partial charge >= 0.3 is 29.9 Å². The molecule has 1 aromatic heterocycles. The average molecular weight is 875 g/mol. The molecule has 7 rings (SSSR count). The third-order valence-corrected chi connectivity index (χ3v) is 10.8. The van der Waals surface area contributed by atoms with Crippen molar-refractivity contribution in [1.29, 1.82) is 0 Å². The number of carboxylic acids is 1. The van der Waals surface area contributed by atoms with Crippen molar-refractivity contribution < 1.29 is 53.2 Å². The number of urea groups is 1. The van der Waals surface area contributed by atoms with Gasteiger partial charge in [-0.25, -0.2) is 19.3 Å². The summed E-state index contributed by atoms with van der Waals surface area (Å²) in [6, 6.07) is 14.8. The Morgan fingerprint density at radius 3 is 2.35 bits per heavy atom. The standard InChI is InChI=1S/C40H43ClN10O11/c1-39(2)61-21-28(62-39)20-60-27-13-15-49(16-14-27)37(57)43-26-10-7-23(8-11-26)17-30(33(52)46-40(36(55)56)19-24-5-3-4-6-31(24)51(40)38(58)59)45-35(54)34(53)44-29-18-25(41)9-12-32(29)50-22-42-47-48-50/h3-12,18,22,27-28,30H,13-17,19-21H2,1-2H3,(H,43,57)(H,44,53)(H,45,54)(H,46,52)(H,55,56)(H,58,59)/t28-,30?,40-/m0/s1. The quantitative estimate of drug-likeness (QED) is 0.112. The van der Waals surface area contributed by atoms with Crippen molar-refractivity contribution in [2.24, 2.45) is 0 Å². The van der Waals surface area contributed by atoms with Crippen LogP contribution >= 0.6 is 11.6 Å². The molecule has 326 valence electrons. The highest BCUT2D eigenvalue weighted by Gasteiger charge is 2.55. The van der Waals surface area contributed by atoms with E-state index < -0.39 is 53.7 Å². The third-order valence-electron chi connectivity index (χ3n) is 10.5. The molecule has 2 saturated heterocycles. The summed E-state index contributed by atoms with van der Waals surface area (Å²) in [4.78, 5) is 81.9. The Hall–Kier alpha value is -6.68. The molecule has 1 unspecified atom stereocenters. The van der Waals surface area contributed by atoms with Crippen molar-refractivity contribution in [1.82, 2.24) is 35.7 Å². The normalized spacial score (nSPS) is 19.9. The number of carbonyl (C=O) groups excluding carboxylic acids is 4. The summed E-state index contributed by atoms with van der Waals surface area (Å²) in [5.41, 5.74) is -0.983. The van der Waals surface area contributed by atoms with Gasteiger partial charge in [0.1, 0.15) is 18.5 Å². The first-order valence-corrected chi connectivity index (χ1v) is 19.9. The Balaban J connectivity index is 1.04. The second-order valence-corrected chi connectivity index (χ2v) is 15.7. The smallest absolute Gasteiger partial charge is 0.414 e. The van der Waals surface area contributed by atoms with Crippen molar-refractivity contribution in [3.05, 3.63) is 89.2 Å². The van der Waals surface area contributed by atoms with Crippen LogP contribution in [0, 0.1) is 0 Å². The van der Waals surface area contributed by atoms with Crippen LogP contribution < -0.4 is 26.2 Å². The highest BCUT2D eigenvalue weighted by atomic mass is 35.5. The average Bonchev–Trinajstić information content (AvgIpc) is 3.98. The van der Waals surface area contributed by atoms with Gasteiger partial charge in [-0.2, -0.15) is 4.68 Å². The van der Waals surface area contributed by atoms with E-state index in [1.54, 1.807) is 35.2 Å². The molecule has 0 radical (unpaired) electrons. The summed E-state index contributed by atoms with van der Waals surface area (Å²) in [7, 11) is 0. The summed E-state index contributed by atoms with van der Waals surface area (Å²) in [5, 5.41) is 41.8. The van der Waals surface area contributed by atoms with Crippen molar-refractivity contribution in [3.8, 4) is 5.69 Å². The van der Waals surface area contributed by atoms with Crippen molar-refractivity contribution in [2.75, 3.05) is 41.8 Å². The van der Waals surface area contributed by atoms with Crippen LogP contribution in [0.2, 0.25) is 5.02 Å². The molecule has 3 aromatic carbocycles. The minimum Gasteiger partial charge on any atom is -0.478 e. The fourth-order valence-electron chi connectivity index (χ4n) is 7.49. The lowest BCUT2D eigenvalue weighted by Gasteiger charge is -2.35. The number of hydrogen-bond acceptors (Lipinski definition) is 12. The van der Waals surface area contributed by atoms with E-state index in [-0.39, 0.29) is 46.7 Å². The molecule has 0 bridgehead atoms. The number of carboxylic acid groups (broad SMARTS) is 2. The maximum absolute atomic E-state index is 14.2. The molecule has 21 nitrogen and oxygen atoms in total. The number of nitrogens with one attached hydrogen (secondary N) is 4. The Bertz CT molecular complexity index is 2340. The van der Waals surface area contributed by atoms with E-state index in [9.17, 15) is 39.0 Å². The van der Waals surface area contributed by atoms with E-state index in [0.29, 0.717) is 60.9 Å². The number of halogens is 1. The number of amides is 6. The molecular weight excluding hydrogens is 832 g/mol. The summed E-state index contributed by atoms with van der Waals surface area (Å²) < 4.78 is 18.6. The van der Waals surface area contributed by atoms with Gasteiger partial charge in [-0.1, -0.05) is 41.9 Å². The maximum atomic E-state index is 14.2. The number of para-hydroxylation sites is 1. The van der Waals surface area contributed by atoms with Gasteiger partial charge in [0.05, 0.1) is 36.4 Å². The highest BCUT2D eigenvalue weighted by molar-refractivity contribution is 6.40. The molecule has 3 aliphatic heterocycles. The zero-order valence-corrected chi connectivity index (χ0v) is 34.2. The Labute approximate surface area is 358 Å². The fourth-order valence-corrected chi connectivity index (χ4v) is 7.66. The molecule has 22 heteroatoms. The van der Waals surface area contributed by atoms with E-state index in [1.807, 2.05) is 13.8 Å². The third kappa shape index (κ3) is 9.76. The van der Waals surface area contributed by atoms with Crippen LogP contribution in [0.25, 0.3) is 5.69 Å². The first kappa shape index (κ1) is 43.4.